The van der Waals surface area contributed by atoms with Crippen molar-refractivity contribution in [2.24, 2.45) is 4.99 Å². The average molecular weight is 227 g/mol. The van der Waals surface area contributed by atoms with Crippen molar-refractivity contribution in [1.29, 1.82) is 0 Å². The van der Waals surface area contributed by atoms with Crippen LogP contribution in [0.1, 0.15) is 25.3 Å². The summed E-state index contributed by atoms with van der Waals surface area (Å²) < 4.78 is 5.33. The van der Waals surface area contributed by atoms with E-state index >= 15 is 0 Å². The minimum Gasteiger partial charge on any atom is -0.495 e. The summed E-state index contributed by atoms with van der Waals surface area (Å²) in [6, 6.07) is 10.2. The zero-order chi connectivity index (χ0) is 12.1. The zero-order valence-electron chi connectivity index (χ0n) is 10.3. The van der Waals surface area contributed by atoms with Crippen LogP contribution in [0.2, 0.25) is 0 Å². The highest BCUT2D eigenvalue weighted by Crippen LogP contribution is 2.21. The van der Waals surface area contributed by atoms with E-state index in [9.17, 15) is 0 Å². The van der Waals surface area contributed by atoms with Gasteiger partial charge in [0.25, 0.3) is 0 Å². The van der Waals surface area contributed by atoms with E-state index in [1.165, 1.54) is 0 Å². The van der Waals surface area contributed by atoms with Crippen molar-refractivity contribution in [3.63, 3.8) is 0 Å². The Labute approximate surface area is 102 Å². The highest BCUT2D eigenvalue weighted by molar-refractivity contribution is 5.99. The molecule has 0 atom stereocenters. The molecular weight excluding hydrogens is 210 g/mol. The molecule has 88 valence electrons. The molecule has 0 saturated heterocycles. The molecule has 0 fully saturated rings. The molecular formula is C15H17NO. The van der Waals surface area contributed by atoms with Gasteiger partial charge in [-0.1, -0.05) is 36.4 Å². The Bertz CT molecular complexity index is 469. The standard InChI is InChI=1S/C15H17NO/c1-12(13-8-4-3-5-9-13)16-14-10-6-7-11-15(14)17-2/h3-5,8-11H,6-7H2,1-2H3. The number of ether oxygens (including phenoxy) is 1. The number of benzene rings is 1. The molecule has 2 heteroatoms. The van der Waals surface area contributed by atoms with Crippen molar-refractivity contribution < 1.29 is 4.74 Å². The van der Waals surface area contributed by atoms with Crippen LogP contribution in [0.3, 0.4) is 0 Å². The van der Waals surface area contributed by atoms with E-state index in [2.05, 4.69) is 29.3 Å². The highest BCUT2D eigenvalue weighted by Gasteiger charge is 2.08. The Kier molecular flexibility index (Phi) is 3.76. The third kappa shape index (κ3) is 2.84. The Morgan fingerprint density at radius 3 is 2.53 bits per heavy atom. The first-order chi connectivity index (χ1) is 8.31. The number of hydrogen-bond donors (Lipinski definition) is 0. The van der Waals surface area contributed by atoms with Crippen LogP contribution in [0.15, 0.2) is 58.9 Å². The first-order valence-electron chi connectivity index (χ1n) is 5.86. The van der Waals surface area contributed by atoms with Gasteiger partial charge in [-0.15, -0.1) is 0 Å². The van der Waals surface area contributed by atoms with Gasteiger partial charge in [0, 0.05) is 5.71 Å². The molecule has 0 aromatic heterocycles. The van der Waals surface area contributed by atoms with E-state index in [-0.39, 0.29) is 0 Å². The Morgan fingerprint density at radius 2 is 1.82 bits per heavy atom. The Hall–Kier alpha value is -1.83. The summed E-state index contributed by atoms with van der Waals surface area (Å²) in [7, 11) is 1.69. The van der Waals surface area contributed by atoms with Gasteiger partial charge < -0.3 is 4.74 Å². The first-order valence-corrected chi connectivity index (χ1v) is 5.86. The molecule has 2 rings (SSSR count). The average Bonchev–Trinajstić information content (AvgIpc) is 2.40. The number of nitrogens with zero attached hydrogens (tertiary/aromatic N) is 1. The lowest BCUT2D eigenvalue weighted by atomic mass is 10.1. The van der Waals surface area contributed by atoms with Gasteiger partial charge in [-0.3, -0.25) is 0 Å². The molecule has 1 aromatic rings. The van der Waals surface area contributed by atoms with Gasteiger partial charge in [0.2, 0.25) is 0 Å². The number of rotatable bonds is 3. The number of methoxy groups -OCH3 is 1. The fraction of sp³-hybridized carbons (Fsp3) is 0.267. The molecule has 0 saturated carbocycles. The largest absolute Gasteiger partial charge is 0.495 e. The van der Waals surface area contributed by atoms with Crippen molar-refractivity contribution in [2.75, 3.05) is 7.11 Å². The summed E-state index contributed by atoms with van der Waals surface area (Å²) in [5, 5.41) is 0. The lowest BCUT2D eigenvalue weighted by Crippen LogP contribution is -2.00. The van der Waals surface area contributed by atoms with Crippen LogP contribution in [0, 0.1) is 0 Å². The molecule has 2 nitrogen and oxygen atoms in total. The van der Waals surface area contributed by atoms with Crippen LogP contribution >= 0.6 is 0 Å². The van der Waals surface area contributed by atoms with E-state index in [1.54, 1.807) is 7.11 Å². The maximum atomic E-state index is 5.33. The summed E-state index contributed by atoms with van der Waals surface area (Å²) in [5.41, 5.74) is 3.11. The molecule has 0 heterocycles. The fourth-order valence-electron chi connectivity index (χ4n) is 1.85. The second-order valence-corrected chi connectivity index (χ2v) is 4.00. The molecule has 0 N–H and O–H groups in total. The molecule has 0 bridgehead atoms. The van der Waals surface area contributed by atoms with E-state index in [1.807, 2.05) is 25.1 Å². The van der Waals surface area contributed by atoms with E-state index in [0.29, 0.717) is 0 Å². The minimum absolute atomic E-state index is 0.881. The van der Waals surface area contributed by atoms with Gasteiger partial charge >= 0.3 is 0 Å². The van der Waals surface area contributed by atoms with Crippen LogP contribution < -0.4 is 0 Å². The van der Waals surface area contributed by atoms with Crippen molar-refractivity contribution in [3.8, 4) is 0 Å². The van der Waals surface area contributed by atoms with Gasteiger partial charge in [-0.25, -0.2) is 4.99 Å². The summed E-state index contributed by atoms with van der Waals surface area (Å²) in [6.45, 7) is 2.03. The van der Waals surface area contributed by atoms with Crippen LogP contribution in [0.4, 0.5) is 0 Å². The van der Waals surface area contributed by atoms with Gasteiger partial charge in [0.15, 0.2) is 0 Å². The third-order valence-corrected chi connectivity index (χ3v) is 2.79. The Morgan fingerprint density at radius 1 is 1.12 bits per heavy atom. The van der Waals surface area contributed by atoms with Crippen molar-refractivity contribution >= 4 is 5.71 Å². The van der Waals surface area contributed by atoms with Crippen molar-refractivity contribution in [2.45, 2.75) is 19.8 Å². The van der Waals surface area contributed by atoms with Crippen LogP contribution in [-0.4, -0.2) is 12.8 Å². The van der Waals surface area contributed by atoms with E-state index < -0.39 is 0 Å². The zero-order valence-corrected chi connectivity index (χ0v) is 10.3. The maximum Gasteiger partial charge on any atom is 0.140 e. The fourth-order valence-corrected chi connectivity index (χ4v) is 1.85. The smallest absolute Gasteiger partial charge is 0.140 e. The minimum atomic E-state index is 0.881. The van der Waals surface area contributed by atoms with Crippen molar-refractivity contribution in [3.05, 3.63) is 59.5 Å². The third-order valence-electron chi connectivity index (χ3n) is 2.79. The number of allylic oxidation sites excluding steroid dienone is 2. The van der Waals surface area contributed by atoms with Crippen molar-refractivity contribution in [1.82, 2.24) is 0 Å². The van der Waals surface area contributed by atoms with Gasteiger partial charge in [0.05, 0.1) is 7.11 Å². The second-order valence-electron chi connectivity index (χ2n) is 4.00. The van der Waals surface area contributed by atoms with Crippen LogP contribution in [0.25, 0.3) is 0 Å². The SMILES string of the molecule is COC1=CCCC=C1N=C(C)c1ccccc1. The van der Waals surface area contributed by atoms with E-state index in [0.717, 1.165) is 35.6 Å². The monoisotopic (exact) mass is 227 g/mol. The van der Waals surface area contributed by atoms with Crippen LogP contribution in [0.5, 0.6) is 0 Å². The van der Waals surface area contributed by atoms with Crippen LogP contribution in [-0.2, 0) is 4.74 Å². The summed E-state index contributed by atoms with van der Waals surface area (Å²) in [6.07, 6.45) is 6.29. The summed E-state index contributed by atoms with van der Waals surface area (Å²) >= 11 is 0. The molecule has 0 aliphatic heterocycles. The second kappa shape index (κ2) is 5.48. The lowest BCUT2D eigenvalue weighted by molar-refractivity contribution is 0.296. The summed E-state index contributed by atoms with van der Waals surface area (Å²) in [5.74, 6) is 0.881. The molecule has 0 radical (unpaired) electrons. The number of aliphatic imine (C=N–C) groups is 1. The van der Waals surface area contributed by atoms with Gasteiger partial charge in [0.1, 0.15) is 11.5 Å². The van der Waals surface area contributed by atoms with Gasteiger partial charge in [-0.2, -0.15) is 0 Å². The summed E-state index contributed by atoms with van der Waals surface area (Å²) in [4.78, 5) is 4.64. The predicted octanol–water partition coefficient (Wildman–Crippen LogP) is 3.70. The molecule has 17 heavy (non-hydrogen) atoms. The molecule has 0 spiro atoms. The number of hydrogen-bond acceptors (Lipinski definition) is 2. The predicted molar refractivity (Wildman–Crippen MR) is 71.1 cm³/mol. The first kappa shape index (κ1) is 11.6. The van der Waals surface area contributed by atoms with Gasteiger partial charge in [-0.05, 0) is 31.4 Å². The molecule has 1 aliphatic rings. The quantitative estimate of drug-likeness (QED) is 0.721. The maximum absolute atomic E-state index is 5.33. The molecule has 0 amide bonds. The highest BCUT2D eigenvalue weighted by atomic mass is 16.5. The molecule has 1 aromatic carbocycles. The molecule has 0 unspecified atom stereocenters. The lowest BCUT2D eigenvalue weighted by Gasteiger charge is -2.12. The van der Waals surface area contributed by atoms with E-state index in [4.69, 9.17) is 4.74 Å². The topological polar surface area (TPSA) is 21.6 Å². The molecule has 1 aliphatic carbocycles. The normalized spacial score (nSPS) is 16.2. The Balaban J connectivity index is 2.25.